The summed E-state index contributed by atoms with van der Waals surface area (Å²) >= 11 is 0. The van der Waals surface area contributed by atoms with E-state index in [-0.39, 0.29) is 5.82 Å². The van der Waals surface area contributed by atoms with Gasteiger partial charge in [-0.15, -0.1) is 0 Å². The molecule has 19 heavy (non-hydrogen) atoms. The van der Waals surface area contributed by atoms with Gasteiger partial charge in [-0.25, -0.2) is 4.98 Å². The van der Waals surface area contributed by atoms with E-state index in [1.165, 1.54) is 19.0 Å². The molecule has 0 aromatic carbocycles. The summed E-state index contributed by atoms with van der Waals surface area (Å²) in [5.41, 5.74) is -0.667. The molecule has 0 amide bonds. The van der Waals surface area contributed by atoms with Crippen molar-refractivity contribution in [3.8, 4) is 0 Å². The third-order valence-corrected chi connectivity index (χ3v) is 3.26. The van der Waals surface area contributed by atoms with E-state index in [4.69, 9.17) is 0 Å². The minimum Gasteiger partial charge on any atom is -0.369 e. The highest BCUT2D eigenvalue weighted by atomic mass is 19.4. The number of hydrogen-bond donors (Lipinski definition) is 1. The molecular weight excluding hydrogens is 255 g/mol. The van der Waals surface area contributed by atoms with Gasteiger partial charge in [0, 0.05) is 25.3 Å². The molecule has 0 spiro atoms. The van der Waals surface area contributed by atoms with Crippen molar-refractivity contribution >= 4 is 5.82 Å². The van der Waals surface area contributed by atoms with Gasteiger partial charge in [-0.1, -0.05) is 6.92 Å². The van der Waals surface area contributed by atoms with Gasteiger partial charge >= 0.3 is 6.18 Å². The first-order chi connectivity index (χ1) is 9.00. The summed E-state index contributed by atoms with van der Waals surface area (Å²) in [7, 11) is 0. The van der Waals surface area contributed by atoms with Crippen LogP contribution in [0, 0.1) is 0 Å². The minimum atomic E-state index is -4.32. The quantitative estimate of drug-likeness (QED) is 0.863. The van der Waals surface area contributed by atoms with Crippen LogP contribution < -0.4 is 5.32 Å². The lowest BCUT2D eigenvalue weighted by atomic mass is 10.2. The minimum absolute atomic E-state index is 0.279. The molecule has 0 radical (unpaired) electrons. The van der Waals surface area contributed by atoms with Crippen molar-refractivity contribution < 1.29 is 13.2 Å². The number of alkyl halides is 3. The van der Waals surface area contributed by atoms with Crippen LogP contribution >= 0.6 is 0 Å². The van der Waals surface area contributed by atoms with Gasteiger partial charge in [-0.2, -0.15) is 13.2 Å². The Morgan fingerprint density at radius 2 is 2.16 bits per heavy atom. The molecule has 3 nitrogen and oxygen atoms in total. The smallest absolute Gasteiger partial charge is 0.369 e. The second-order valence-corrected chi connectivity index (χ2v) is 4.71. The molecule has 106 valence electrons. The van der Waals surface area contributed by atoms with E-state index in [2.05, 4.69) is 22.1 Å². The zero-order valence-corrected chi connectivity index (χ0v) is 10.9. The van der Waals surface area contributed by atoms with Crippen molar-refractivity contribution in [2.75, 3.05) is 25.0 Å². The highest BCUT2D eigenvalue weighted by Crippen LogP contribution is 2.30. The largest absolute Gasteiger partial charge is 0.416 e. The first-order valence-corrected chi connectivity index (χ1v) is 6.52. The fraction of sp³-hybridized carbons (Fsp3) is 0.615. The van der Waals surface area contributed by atoms with Crippen LogP contribution in [0.3, 0.4) is 0 Å². The van der Waals surface area contributed by atoms with Crippen LogP contribution in [-0.2, 0) is 6.18 Å². The van der Waals surface area contributed by atoms with Crippen LogP contribution in [0.4, 0.5) is 19.0 Å². The molecule has 0 bridgehead atoms. The normalized spacial score (nSPS) is 15.8. The first kappa shape index (κ1) is 14.1. The molecule has 0 unspecified atom stereocenters. The van der Waals surface area contributed by atoms with E-state index < -0.39 is 11.7 Å². The van der Waals surface area contributed by atoms with Crippen molar-refractivity contribution in [3.63, 3.8) is 0 Å². The Balaban J connectivity index is 1.85. The number of hydrogen-bond acceptors (Lipinski definition) is 3. The topological polar surface area (TPSA) is 28.2 Å². The molecule has 2 rings (SSSR count). The Bertz CT molecular complexity index is 416. The molecule has 6 heteroatoms. The predicted octanol–water partition coefficient (Wildman–Crippen LogP) is 3.00. The summed E-state index contributed by atoms with van der Waals surface area (Å²) in [5, 5.41) is 2.95. The molecule has 1 heterocycles. The van der Waals surface area contributed by atoms with Crippen LogP contribution in [0.15, 0.2) is 18.3 Å². The van der Waals surface area contributed by atoms with E-state index >= 15 is 0 Å². The van der Waals surface area contributed by atoms with Crippen molar-refractivity contribution in [2.24, 2.45) is 0 Å². The van der Waals surface area contributed by atoms with Gasteiger partial charge in [0.05, 0.1) is 5.56 Å². The summed E-state index contributed by atoms with van der Waals surface area (Å²) in [6, 6.07) is 2.70. The summed E-state index contributed by atoms with van der Waals surface area (Å²) in [4.78, 5) is 6.24. The number of rotatable bonds is 6. The van der Waals surface area contributed by atoms with Crippen LogP contribution in [0.25, 0.3) is 0 Å². The second-order valence-electron chi connectivity index (χ2n) is 4.71. The number of pyridine rings is 1. The van der Waals surface area contributed by atoms with E-state index in [1.54, 1.807) is 0 Å². The first-order valence-electron chi connectivity index (χ1n) is 6.52. The molecule has 1 N–H and O–H groups in total. The zero-order valence-electron chi connectivity index (χ0n) is 10.9. The number of halogens is 3. The van der Waals surface area contributed by atoms with Crippen LogP contribution in [0.1, 0.15) is 25.3 Å². The van der Waals surface area contributed by atoms with Crippen molar-refractivity contribution in [2.45, 2.75) is 32.0 Å². The number of likely N-dealkylation sites (N-methyl/N-ethyl adjacent to an activating group) is 1. The van der Waals surface area contributed by atoms with Gasteiger partial charge in [-0.05, 0) is 31.5 Å². The average Bonchev–Trinajstić information content (AvgIpc) is 3.18. The maximum absolute atomic E-state index is 12.5. The van der Waals surface area contributed by atoms with Crippen LogP contribution in [0.2, 0.25) is 0 Å². The highest BCUT2D eigenvalue weighted by Gasteiger charge is 2.31. The van der Waals surface area contributed by atoms with Gasteiger partial charge in [0.25, 0.3) is 0 Å². The maximum Gasteiger partial charge on any atom is 0.416 e. The molecule has 0 saturated heterocycles. The summed E-state index contributed by atoms with van der Waals surface area (Å²) in [6.07, 6.45) is -0.669. The zero-order chi connectivity index (χ0) is 13.9. The number of aromatic nitrogens is 1. The van der Waals surface area contributed by atoms with Gasteiger partial charge in [0.1, 0.15) is 5.82 Å². The Labute approximate surface area is 110 Å². The predicted molar refractivity (Wildman–Crippen MR) is 68.0 cm³/mol. The fourth-order valence-electron chi connectivity index (χ4n) is 2.07. The molecule has 0 aliphatic heterocycles. The SMILES string of the molecule is CCN(CCNc1cc(C(F)(F)F)ccn1)C1CC1. The second kappa shape index (κ2) is 5.77. The van der Waals surface area contributed by atoms with Crippen molar-refractivity contribution in [1.29, 1.82) is 0 Å². The molecule has 1 aromatic rings. The molecule has 1 aromatic heterocycles. The Morgan fingerprint density at radius 1 is 1.42 bits per heavy atom. The molecule has 1 aliphatic rings. The van der Waals surface area contributed by atoms with E-state index in [0.29, 0.717) is 12.6 Å². The lowest BCUT2D eigenvalue weighted by Crippen LogP contribution is -2.31. The van der Waals surface area contributed by atoms with Crippen molar-refractivity contribution in [3.05, 3.63) is 23.9 Å². The Hall–Kier alpha value is -1.30. The lowest BCUT2D eigenvalue weighted by molar-refractivity contribution is -0.137. The maximum atomic E-state index is 12.5. The Morgan fingerprint density at radius 3 is 2.74 bits per heavy atom. The van der Waals surface area contributed by atoms with Gasteiger partial charge < -0.3 is 5.32 Å². The van der Waals surface area contributed by atoms with Gasteiger partial charge in [-0.3, -0.25) is 4.90 Å². The fourth-order valence-corrected chi connectivity index (χ4v) is 2.07. The summed E-state index contributed by atoms with van der Waals surface area (Å²) in [6.45, 7) is 4.51. The molecule has 1 saturated carbocycles. The lowest BCUT2D eigenvalue weighted by Gasteiger charge is -2.20. The average molecular weight is 273 g/mol. The number of nitrogens with zero attached hydrogens (tertiary/aromatic N) is 2. The molecular formula is C13H18F3N3. The summed E-state index contributed by atoms with van der Waals surface area (Å²) < 4.78 is 37.6. The Kier molecular flexibility index (Phi) is 4.29. The highest BCUT2D eigenvalue weighted by molar-refractivity contribution is 5.38. The van der Waals surface area contributed by atoms with E-state index in [1.807, 2.05) is 0 Å². The van der Waals surface area contributed by atoms with E-state index in [0.717, 1.165) is 25.2 Å². The molecule has 0 atom stereocenters. The van der Waals surface area contributed by atoms with Gasteiger partial charge in [0.15, 0.2) is 0 Å². The standard InChI is InChI=1S/C13H18F3N3/c1-2-19(11-3-4-11)8-7-18-12-9-10(5-6-17-12)13(14,15)16/h5-6,9,11H,2-4,7-8H2,1H3,(H,17,18). The van der Waals surface area contributed by atoms with E-state index in [9.17, 15) is 13.2 Å². The van der Waals surface area contributed by atoms with Crippen LogP contribution in [0.5, 0.6) is 0 Å². The monoisotopic (exact) mass is 273 g/mol. The molecule has 1 aliphatic carbocycles. The van der Waals surface area contributed by atoms with Crippen LogP contribution in [-0.4, -0.2) is 35.6 Å². The number of nitrogens with one attached hydrogen (secondary N) is 1. The third kappa shape index (κ3) is 4.09. The summed E-state index contributed by atoms with van der Waals surface area (Å²) in [5.74, 6) is 0.279. The molecule has 1 fully saturated rings. The third-order valence-electron chi connectivity index (χ3n) is 3.26. The van der Waals surface area contributed by atoms with Crippen molar-refractivity contribution in [1.82, 2.24) is 9.88 Å². The number of anilines is 1. The van der Waals surface area contributed by atoms with Gasteiger partial charge in [0.2, 0.25) is 0 Å².